The van der Waals surface area contributed by atoms with Gasteiger partial charge in [-0.3, -0.25) is 14.8 Å². The van der Waals surface area contributed by atoms with Crippen molar-refractivity contribution in [2.24, 2.45) is 10.3 Å². The summed E-state index contributed by atoms with van der Waals surface area (Å²) in [5, 5.41) is 9.22. The maximum atomic E-state index is 11.2. The number of nitrogens with one attached hydrogen (secondary N) is 2. The quantitative estimate of drug-likeness (QED) is 0.573. The third-order valence-corrected chi connectivity index (χ3v) is 1.94. The highest BCUT2D eigenvalue weighted by Gasteiger charge is 1.98. The lowest BCUT2D eigenvalue weighted by molar-refractivity contribution is 0.325. The molecule has 1 heterocycles. The SMILES string of the molecule is CCCCN(C)N=Nc1c[nH]c(=O)[nH]c1=O. The molecule has 88 valence electrons. The summed E-state index contributed by atoms with van der Waals surface area (Å²) in [7, 11) is 1.78. The van der Waals surface area contributed by atoms with Gasteiger partial charge in [0.1, 0.15) is 0 Å². The van der Waals surface area contributed by atoms with Gasteiger partial charge in [-0.25, -0.2) is 4.79 Å². The smallest absolute Gasteiger partial charge is 0.312 e. The zero-order valence-electron chi connectivity index (χ0n) is 9.36. The number of H-pyrrole nitrogens is 2. The molecule has 0 unspecified atom stereocenters. The van der Waals surface area contributed by atoms with Crippen molar-refractivity contribution in [3.63, 3.8) is 0 Å². The minimum absolute atomic E-state index is 0.0861. The molecule has 7 heteroatoms. The van der Waals surface area contributed by atoms with Crippen molar-refractivity contribution in [3.05, 3.63) is 27.0 Å². The van der Waals surface area contributed by atoms with E-state index in [2.05, 4.69) is 27.2 Å². The fourth-order valence-electron chi connectivity index (χ4n) is 1.03. The lowest BCUT2D eigenvalue weighted by atomic mass is 10.3. The molecule has 0 saturated heterocycles. The van der Waals surface area contributed by atoms with E-state index in [-0.39, 0.29) is 5.69 Å². The minimum atomic E-state index is -0.553. The highest BCUT2D eigenvalue weighted by molar-refractivity contribution is 5.27. The van der Waals surface area contributed by atoms with Crippen LogP contribution in [0.4, 0.5) is 5.69 Å². The molecule has 1 aromatic heterocycles. The zero-order chi connectivity index (χ0) is 12.0. The van der Waals surface area contributed by atoms with Crippen LogP contribution in [0.5, 0.6) is 0 Å². The number of hydrogen-bond acceptors (Lipinski definition) is 4. The fraction of sp³-hybridized carbons (Fsp3) is 0.556. The lowest BCUT2D eigenvalue weighted by Gasteiger charge is -2.08. The summed E-state index contributed by atoms with van der Waals surface area (Å²) in [4.78, 5) is 26.3. The Balaban J connectivity index is 2.69. The molecule has 0 spiro atoms. The Labute approximate surface area is 92.2 Å². The maximum Gasteiger partial charge on any atom is 0.325 e. The van der Waals surface area contributed by atoms with E-state index < -0.39 is 11.2 Å². The van der Waals surface area contributed by atoms with Crippen molar-refractivity contribution in [1.29, 1.82) is 0 Å². The lowest BCUT2D eigenvalue weighted by Crippen LogP contribution is -2.20. The molecule has 0 bridgehead atoms. The van der Waals surface area contributed by atoms with Gasteiger partial charge in [-0.15, -0.1) is 5.11 Å². The zero-order valence-corrected chi connectivity index (χ0v) is 9.36. The number of aromatic nitrogens is 2. The first-order chi connectivity index (χ1) is 7.63. The van der Waals surface area contributed by atoms with E-state index in [0.29, 0.717) is 0 Å². The molecular weight excluding hydrogens is 210 g/mol. The van der Waals surface area contributed by atoms with Crippen LogP contribution in [0.2, 0.25) is 0 Å². The second-order valence-electron chi connectivity index (χ2n) is 3.38. The fourth-order valence-corrected chi connectivity index (χ4v) is 1.03. The Morgan fingerprint density at radius 2 is 2.19 bits per heavy atom. The molecule has 7 nitrogen and oxygen atoms in total. The van der Waals surface area contributed by atoms with E-state index in [0.717, 1.165) is 19.4 Å². The average Bonchev–Trinajstić information content (AvgIpc) is 2.25. The molecule has 2 N–H and O–H groups in total. The summed E-state index contributed by atoms with van der Waals surface area (Å²) < 4.78 is 0. The molecule has 0 radical (unpaired) electrons. The molecule has 0 aromatic carbocycles. The molecule has 0 atom stereocenters. The van der Waals surface area contributed by atoms with Crippen LogP contribution in [-0.4, -0.2) is 28.6 Å². The van der Waals surface area contributed by atoms with Gasteiger partial charge in [-0.1, -0.05) is 18.6 Å². The van der Waals surface area contributed by atoms with Crippen molar-refractivity contribution in [2.45, 2.75) is 19.8 Å². The van der Waals surface area contributed by atoms with Crippen molar-refractivity contribution < 1.29 is 0 Å². The van der Waals surface area contributed by atoms with Gasteiger partial charge in [0.2, 0.25) is 0 Å². The molecule has 0 fully saturated rings. The summed E-state index contributed by atoms with van der Waals surface area (Å²) in [6.45, 7) is 2.86. The standard InChI is InChI=1S/C9H15N5O2/c1-3-4-5-14(2)13-12-7-6-10-9(16)11-8(7)15/h6H,3-5H2,1-2H3,(H2,10,11,15,16). The highest BCUT2D eigenvalue weighted by Crippen LogP contribution is 2.01. The summed E-state index contributed by atoms with van der Waals surface area (Å²) in [5.74, 6) is 0. The van der Waals surface area contributed by atoms with E-state index in [4.69, 9.17) is 0 Å². The van der Waals surface area contributed by atoms with Crippen LogP contribution in [0.3, 0.4) is 0 Å². The van der Waals surface area contributed by atoms with E-state index in [1.165, 1.54) is 6.20 Å². The Morgan fingerprint density at radius 1 is 1.44 bits per heavy atom. The van der Waals surface area contributed by atoms with Crippen LogP contribution >= 0.6 is 0 Å². The molecule has 0 saturated carbocycles. The Hall–Kier alpha value is -1.92. The molecule has 16 heavy (non-hydrogen) atoms. The van der Waals surface area contributed by atoms with E-state index in [1.54, 1.807) is 12.1 Å². The molecule has 0 aliphatic rings. The van der Waals surface area contributed by atoms with Crippen LogP contribution in [0.1, 0.15) is 19.8 Å². The normalized spacial score (nSPS) is 10.9. The number of rotatable bonds is 5. The van der Waals surface area contributed by atoms with Crippen LogP contribution in [0.25, 0.3) is 0 Å². The van der Waals surface area contributed by atoms with Gasteiger partial charge in [0.05, 0.1) is 0 Å². The van der Waals surface area contributed by atoms with E-state index in [9.17, 15) is 9.59 Å². The summed E-state index contributed by atoms with van der Waals surface area (Å²) >= 11 is 0. The number of nitrogens with zero attached hydrogens (tertiary/aromatic N) is 3. The van der Waals surface area contributed by atoms with Crippen molar-refractivity contribution in [1.82, 2.24) is 15.0 Å². The molecule has 0 amide bonds. The van der Waals surface area contributed by atoms with Crippen LogP contribution in [0.15, 0.2) is 26.1 Å². The predicted octanol–water partition coefficient (Wildman–Crippen LogP) is 0.794. The van der Waals surface area contributed by atoms with Crippen LogP contribution in [0, 0.1) is 0 Å². The van der Waals surface area contributed by atoms with Gasteiger partial charge >= 0.3 is 5.69 Å². The predicted molar refractivity (Wildman–Crippen MR) is 59.7 cm³/mol. The highest BCUT2D eigenvalue weighted by atomic mass is 16.2. The Kier molecular flexibility index (Phi) is 4.43. The van der Waals surface area contributed by atoms with Crippen molar-refractivity contribution in [3.8, 4) is 0 Å². The first-order valence-electron chi connectivity index (χ1n) is 5.08. The minimum Gasteiger partial charge on any atom is -0.312 e. The van der Waals surface area contributed by atoms with Crippen LogP contribution in [-0.2, 0) is 0 Å². The van der Waals surface area contributed by atoms with Crippen LogP contribution < -0.4 is 11.2 Å². The molecule has 0 aliphatic carbocycles. The third kappa shape index (κ3) is 3.68. The van der Waals surface area contributed by atoms with Gasteiger partial charge < -0.3 is 4.98 Å². The number of hydrogen-bond donors (Lipinski definition) is 2. The van der Waals surface area contributed by atoms with Gasteiger partial charge in [-0.2, -0.15) is 0 Å². The summed E-state index contributed by atoms with van der Waals surface area (Å²) in [6.07, 6.45) is 3.31. The molecular formula is C9H15N5O2. The maximum absolute atomic E-state index is 11.2. The molecule has 0 aliphatic heterocycles. The summed E-state index contributed by atoms with van der Waals surface area (Å²) in [5.41, 5.74) is -1.01. The topological polar surface area (TPSA) is 93.7 Å². The monoisotopic (exact) mass is 225 g/mol. The second-order valence-corrected chi connectivity index (χ2v) is 3.38. The van der Waals surface area contributed by atoms with E-state index >= 15 is 0 Å². The number of aromatic amines is 2. The number of unbranched alkanes of at least 4 members (excludes halogenated alkanes) is 1. The molecule has 1 aromatic rings. The first kappa shape index (κ1) is 12.2. The van der Waals surface area contributed by atoms with Gasteiger partial charge in [0, 0.05) is 19.8 Å². The van der Waals surface area contributed by atoms with E-state index in [1.807, 2.05) is 0 Å². The molecule has 1 rings (SSSR count). The Morgan fingerprint density at radius 3 is 2.81 bits per heavy atom. The first-order valence-corrected chi connectivity index (χ1v) is 5.08. The Bertz CT molecular complexity index is 461. The van der Waals surface area contributed by atoms with Crippen molar-refractivity contribution in [2.75, 3.05) is 13.6 Å². The van der Waals surface area contributed by atoms with Gasteiger partial charge in [0.15, 0.2) is 5.69 Å². The average molecular weight is 225 g/mol. The van der Waals surface area contributed by atoms with Gasteiger partial charge in [-0.05, 0) is 6.42 Å². The largest absolute Gasteiger partial charge is 0.325 e. The summed E-state index contributed by atoms with van der Waals surface area (Å²) in [6, 6.07) is 0. The van der Waals surface area contributed by atoms with Gasteiger partial charge in [0.25, 0.3) is 5.56 Å². The third-order valence-electron chi connectivity index (χ3n) is 1.94. The second kappa shape index (κ2) is 5.84. The van der Waals surface area contributed by atoms with Crippen molar-refractivity contribution >= 4 is 5.69 Å².